The summed E-state index contributed by atoms with van der Waals surface area (Å²) in [5, 5.41) is 4.89. The third-order valence-electron chi connectivity index (χ3n) is 4.28. The van der Waals surface area contributed by atoms with E-state index in [1.165, 1.54) is 16.8 Å². The van der Waals surface area contributed by atoms with Crippen LogP contribution in [0.4, 0.5) is 5.69 Å². The van der Waals surface area contributed by atoms with Gasteiger partial charge in [-0.25, -0.2) is 4.68 Å². The van der Waals surface area contributed by atoms with Gasteiger partial charge >= 0.3 is 0 Å². The van der Waals surface area contributed by atoms with Gasteiger partial charge in [-0.15, -0.1) is 0 Å². The molecule has 1 aliphatic rings. The zero-order valence-corrected chi connectivity index (χ0v) is 14.8. The summed E-state index contributed by atoms with van der Waals surface area (Å²) in [7, 11) is 0. The molecule has 2 heterocycles. The number of anilines is 1. The summed E-state index contributed by atoms with van der Waals surface area (Å²) < 4.78 is 1.34. The smallest absolute Gasteiger partial charge is 0.278 e. The molecule has 1 aromatic heterocycles. The van der Waals surface area contributed by atoms with Crippen LogP contribution in [0.25, 0.3) is 0 Å². The first-order valence-corrected chi connectivity index (χ1v) is 8.42. The summed E-state index contributed by atoms with van der Waals surface area (Å²) >= 11 is 6.36. The van der Waals surface area contributed by atoms with Gasteiger partial charge < -0.3 is 4.90 Å². The number of aryl methyl sites for hydroxylation is 1. The summed E-state index contributed by atoms with van der Waals surface area (Å²) in [4.78, 5) is 26.5. The molecule has 6 heteroatoms. The summed E-state index contributed by atoms with van der Waals surface area (Å²) in [6.07, 6.45) is 0.778. The van der Waals surface area contributed by atoms with Gasteiger partial charge in [0.25, 0.3) is 11.5 Å². The molecule has 0 radical (unpaired) electrons. The minimum absolute atomic E-state index is 0.196. The first-order valence-electron chi connectivity index (χ1n) is 8.04. The molecule has 126 valence electrons. The number of fused-ring (bicyclic) bond motifs is 1. The number of benzene rings is 1. The maximum atomic E-state index is 13.0. The van der Waals surface area contributed by atoms with Gasteiger partial charge in [0.15, 0.2) is 0 Å². The Morgan fingerprint density at radius 2 is 2.04 bits per heavy atom. The Morgan fingerprint density at radius 3 is 2.75 bits per heavy atom. The number of amides is 1. The molecule has 24 heavy (non-hydrogen) atoms. The second-order valence-electron chi connectivity index (χ2n) is 6.69. The standard InChI is InChI=1S/C18H20ClN3O2/c1-4-10-22-15(23)9-8-13(20-22)17(24)21-11-18(2,3)16-12(19)6-5-7-14(16)21/h5-9H,4,10-11H2,1-3H3. The van der Waals surface area contributed by atoms with Gasteiger partial charge in [-0.05, 0) is 24.6 Å². The number of aromatic nitrogens is 2. The zero-order valence-electron chi connectivity index (χ0n) is 14.0. The monoisotopic (exact) mass is 345 g/mol. The Labute approximate surface area is 145 Å². The van der Waals surface area contributed by atoms with E-state index in [1.54, 1.807) is 4.90 Å². The maximum Gasteiger partial charge on any atom is 0.278 e. The van der Waals surface area contributed by atoms with E-state index in [-0.39, 0.29) is 22.6 Å². The second kappa shape index (κ2) is 6.06. The average molecular weight is 346 g/mol. The number of halogens is 1. The van der Waals surface area contributed by atoms with Gasteiger partial charge in [0.2, 0.25) is 0 Å². The van der Waals surface area contributed by atoms with E-state index in [4.69, 9.17) is 11.6 Å². The van der Waals surface area contributed by atoms with Crippen molar-refractivity contribution >= 4 is 23.2 Å². The maximum absolute atomic E-state index is 13.0. The van der Waals surface area contributed by atoms with Crippen molar-refractivity contribution in [3.63, 3.8) is 0 Å². The molecule has 5 nitrogen and oxygen atoms in total. The minimum atomic E-state index is -0.235. The number of carbonyl (C=O) groups is 1. The average Bonchev–Trinajstić information content (AvgIpc) is 2.82. The van der Waals surface area contributed by atoms with Crippen molar-refractivity contribution in [3.05, 3.63) is 57.0 Å². The molecule has 0 N–H and O–H groups in total. The summed E-state index contributed by atoms with van der Waals surface area (Å²) in [6, 6.07) is 8.47. The van der Waals surface area contributed by atoms with Gasteiger partial charge in [-0.1, -0.05) is 38.4 Å². The molecule has 0 aliphatic carbocycles. The fourth-order valence-electron chi connectivity index (χ4n) is 3.22. The van der Waals surface area contributed by atoms with Crippen molar-refractivity contribution in [1.29, 1.82) is 0 Å². The van der Waals surface area contributed by atoms with Crippen LogP contribution >= 0.6 is 11.6 Å². The lowest BCUT2D eigenvalue weighted by atomic mass is 9.87. The first kappa shape index (κ1) is 16.7. The third-order valence-corrected chi connectivity index (χ3v) is 4.59. The SMILES string of the molecule is CCCn1nc(C(=O)N2CC(C)(C)c3c(Cl)cccc32)ccc1=O. The third kappa shape index (κ3) is 2.73. The molecule has 0 saturated carbocycles. The minimum Gasteiger partial charge on any atom is -0.306 e. The molecule has 0 bridgehead atoms. The van der Waals surface area contributed by atoms with Crippen LogP contribution in [0.1, 0.15) is 43.2 Å². The molecule has 0 saturated heterocycles. The van der Waals surface area contributed by atoms with Crippen LogP contribution in [-0.2, 0) is 12.0 Å². The first-order chi connectivity index (χ1) is 11.3. The second-order valence-corrected chi connectivity index (χ2v) is 7.10. The highest BCUT2D eigenvalue weighted by atomic mass is 35.5. The van der Waals surface area contributed by atoms with Crippen LogP contribution in [0.15, 0.2) is 35.1 Å². The molecule has 2 aromatic rings. The van der Waals surface area contributed by atoms with E-state index in [0.717, 1.165) is 17.7 Å². The van der Waals surface area contributed by atoms with E-state index in [1.807, 2.05) is 25.1 Å². The molecule has 0 atom stereocenters. The van der Waals surface area contributed by atoms with Gasteiger partial charge in [0.1, 0.15) is 5.69 Å². The quantitative estimate of drug-likeness (QED) is 0.858. The summed E-state index contributed by atoms with van der Waals surface area (Å²) in [6.45, 7) is 7.12. The van der Waals surface area contributed by atoms with E-state index in [9.17, 15) is 9.59 Å². The van der Waals surface area contributed by atoms with Crippen LogP contribution in [0.5, 0.6) is 0 Å². The molecule has 1 aliphatic heterocycles. The van der Waals surface area contributed by atoms with Crippen LogP contribution < -0.4 is 10.5 Å². The predicted octanol–water partition coefficient (Wildman–Crippen LogP) is 3.24. The fraction of sp³-hybridized carbons (Fsp3) is 0.389. The Balaban J connectivity index is 2.03. The Kier molecular flexibility index (Phi) is 4.22. The van der Waals surface area contributed by atoms with Crippen molar-refractivity contribution < 1.29 is 4.79 Å². The van der Waals surface area contributed by atoms with Crippen LogP contribution in [-0.4, -0.2) is 22.2 Å². The summed E-state index contributed by atoms with van der Waals surface area (Å²) in [5.74, 6) is -0.214. The molecule has 0 unspecified atom stereocenters. The lowest BCUT2D eigenvalue weighted by molar-refractivity contribution is 0.0978. The Bertz CT molecular complexity index is 858. The normalized spacial score (nSPS) is 15.4. The number of carbonyl (C=O) groups excluding carboxylic acids is 1. The topological polar surface area (TPSA) is 55.2 Å². The van der Waals surface area contributed by atoms with Crippen molar-refractivity contribution in [3.8, 4) is 0 Å². The highest BCUT2D eigenvalue weighted by Gasteiger charge is 2.40. The largest absolute Gasteiger partial charge is 0.306 e. The van der Waals surface area contributed by atoms with Crippen LogP contribution in [0, 0.1) is 0 Å². The van der Waals surface area contributed by atoms with Gasteiger partial charge in [-0.2, -0.15) is 5.10 Å². The number of nitrogens with zero attached hydrogens (tertiary/aromatic N) is 3. The lowest BCUT2D eigenvalue weighted by Crippen LogP contribution is -2.36. The van der Waals surface area contributed by atoms with Crippen LogP contribution in [0.3, 0.4) is 0 Å². The molecular weight excluding hydrogens is 326 g/mol. The zero-order chi connectivity index (χ0) is 17.5. The molecule has 1 aromatic carbocycles. The number of hydrogen-bond donors (Lipinski definition) is 0. The highest BCUT2D eigenvalue weighted by molar-refractivity contribution is 6.32. The van der Waals surface area contributed by atoms with Crippen molar-refractivity contribution in [2.75, 3.05) is 11.4 Å². The van der Waals surface area contributed by atoms with Crippen molar-refractivity contribution in [1.82, 2.24) is 9.78 Å². The predicted molar refractivity (Wildman–Crippen MR) is 94.9 cm³/mol. The van der Waals surface area contributed by atoms with Gasteiger partial charge in [-0.3, -0.25) is 9.59 Å². The van der Waals surface area contributed by atoms with Gasteiger partial charge in [0, 0.05) is 40.8 Å². The molecule has 1 amide bonds. The van der Waals surface area contributed by atoms with Crippen molar-refractivity contribution in [2.45, 2.75) is 39.2 Å². The van der Waals surface area contributed by atoms with E-state index in [2.05, 4.69) is 18.9 Å². The van der Waals surface area contributed by atoms with E-state index < -0.39 is 0 Å². The molecule has 0 fully saturated rings. The molecular formula is C18H20ClN3O2. The molecule has 0 spiro atoms. The Hall–Kier alpha value is -2.14. The molecule has 3 rings (SSSR count). The summed E-state index contributed by atoms with van der Waals surface area (Å²) in [5.41, 5.74) is 1.63. The number of hydrogen-bond acceptors (Lipinski definition) is 3. The van der Waals surface area contributed by atoms with Crippen LogP contribution in [0.2, 0.25) is 5.02 Å². The van der Waals surface area contributed by atoms with E-state index >= 15 is 0 Å². The lowest BCUT2D eigenvalue weighted by Gasteiger charge is -2.20. The Morgan fingerprint density at radius 1 is 1.29 bits per heavy atom. The fourth-order valence-corrected chi connectivity index (χ4v) is 3.65. The van der Waals surface area contributed by atoms with E-state index in [0.29, 0.717) is 18.1 Å². The number of rotatable bonds is 3. The highest BCUT2D eigenvalue weighted by Crippen LogP contribution is 2.44. The van der Waals surface area contributed by atoms with Crippen molar-refractivity contribution in [2.24, 2.45) is 0 Å². The van der Waals surface area contributed by atoms with Gasteiger partial charge in [0.05, 0.1) is 0 Å².